The monoisotopic (exact) mass is 339 g/mol. The molecule has 4 nitrogen and oxygen atoms in total. The third-order valence-electron chi connectivity index (χ3n) is 2.41. The average molecular weight is 339 g/mol. The predicted molar refractivity (Wildman–Crippen MR) is 70.4 cm³/mol. The van der Waals surface area contributed by atoms with Crippen LogP contribution in [0.1, 0.15) is 26.3 Å². The molecule has 19 heavy (non-hydrogen) atoms. The van der Waals surface area contributed by atoms with Crippen LogP contribution < -0.4 is 5.32 Å². The second kappa shape index (κ2) is 8.10. The van der Waals surface area contributed by atoms with Gasteiger partial charge in [0, 0.05) is 32.7 Å². The summed E-state index contributed by atoms with van der Waals surface area (Å²) in [6.07, 6.45) is -0.0306. The summed E-state index contributed by atoms with van der Waals surface area (Å²) >= 11 is 0. The van der Waals surface area contributed by atoms with E-state index < -0.39 is 11.5 Å². The number of aliphatic hydroxyl groups is 1. The normalized spacial score (nSPS) is 13.6. The molecule has 0 spiro atoms. The fourth-order valence-electron chi connectivity index (χ4n) is 1.24. The summed E-state index contributed by atoms with van der Waals surface area (Å²) in [6.45, 7) is 7.01. The number of carbonyl (C=O) groups is 1. The number of nitrogens with one attached hydrogen (secondary N) is 1. The molecule has 2 N–H and O–H groups in total. The van der Waals surface area contributed by atoms with Gasteiger partial charge in [-0.25, -0.2) is 0 Å². The van der Waals surface area contributed by atoms with Gasteiger partial charge in [0.05, 0.1) is 12.7 Å². The van der Waals surface area contributed by atoms with Crippen LogP contribution in [0.5, 0.6) is 0 Å². The Kier molecular flexibility index (Phi) is 7.98. The number of hydrogen-bond acceptors (Lipinski definition) is 3. The first kappa shape index (κ1) is 18.7. The quantitative estimate of drug-likeness (QED) is 0.806. The number of anilines is 1. The van der Waals surface area contributed by atoms with Crippen molar-refractivity contribution in [2.24, 2.45) is 0 Å². The van der Waals surface area contributed by atoms with E-state index in [9.17, 15) is 9.90 Å². The molecule has 0 aromatic heterocycles. The van der Waals surface area contributed by atoms with Gasteiger partial charge in [0.1, 0.15) is 0 Å². The van der Waals surface area contributed by atoms with E-state index in [-0.39, 0.29) is 45.4 Å². The Morgan fingerprint density at radius 2 is 2.16 bits per heavy atom. The molecule has 1 rings (SSSR count). The Labute approximate surface area is 139 Å². The van der Waals surface area contributed by atoms with Crippen molar-refractivity contribution < 1.29 is 47.3 Å². The van der Waals surface area contributed by atoms with Crippen molar-refractivity contribution >= 4 is 11.6 Å². The van der Waals surface area contributed by atoms with Crippen LogP contribution in [0.2, 0.25) is 0 Å². The summed E-state index contributed by atoms with van der Waals surface area (Å²) in [4.78, 5) is 11.9. The van der Waals surface area contributed by atoms with Crippen LogP contribution in [-0.4, -0.2) is 29.3 Å². The fourth-order valence-corrected chi connectivity index (χ4v) is 1.24. The Morgan fingerprint density at radius 1 is 1.53 bits per heavy atom. The van der Waals surface area contributed by atoms with Gasteiger partial charge in [-0.05, 0) is 20.8 Å². The Morgan fingerprint density at radius 3 is 2.63 bits per heavy atom. The summed E-state index contributed by atoms with van der Waals surface area (Å²) in [5.74, 6) is -0.486. The van der Waals surface area contributed by atoms with Crippen molar-refractivity contribution in [2.45, 2.75) is 39.4 Å². The number of ether oxygens (including phenoxy) is 1. The minimum atomic E-state index is -1.55. The predicted octanol–water partition coefficient (Wildman–Crippen LogP) is 1.91. The van der Waals surface area contributed by atoms with Crippen LogP contribution in [0, 0.1) is 13.0 Å². The van der Waals surface area contributed by atoms with Crippen molar-refractivity contribution in [3.63, 3.8) is 0 Å². The number of benzene rings is 1. The molecule has 1 radical (unpaired) electrons. The minimum Gasteiger partial charge on any atom is -0.378 e. The zero-order valence-electron chi connectivity index (χ0n) is 11.9. The number of carbonyl (C=O) groups excluding carboxylic acids is 1. The van der Waals surface area contributed by atoms with E-state index in [1.165, 1.54) is 6.92 Å². The molecule has 0 aliphatic rings. The van der Waals surface area contributed by atoms with Gasteiger partial charge >= 0.3 is 0 Å². The molecule has 1 amide bonds. The average Bonchev–Trinajstić information content (AvgIpc) is 2.29. The van der Waals surface area contributed by atoms with Crippen LogP contribution in [0.25, 0.3) is 0 Å². The standard InChI is InChI=1S/C14H20NO3.Y/c1-10(2)18-9-14(4,17)13(16)15-12-7-5-11(3)6-8-12;/h5,7-8,10,17H,9H2,1-4H3,(H,15,16);/q-1;/t14-;/m0./s1. The van der Waals surface area contributed by atoms with Gasteiger partial charge in [-0.3, -0.25) is 4.79 Å². The smallest absolute Gasteiger partial charge is 0.247 e. The van der Waals surface area contributed by atoms with E-state index in [1.54, 1.807) is 12.1 Å². The van der Waals surface area contributed by atoms with Gasteiger partial charge < -0.3 is 15.2 Å². The van der Waals surface area contributed by atoms with E-state index in [4.69, 9.17) is 4.74 Å². The molecular formula is C14H20NO3Y-. The third kappa shape index (κ3) is 6.62. The van der Waals surface area contributed by atoms with Gasteiger partial charge in [-0.15, -0.1) is 6.07 Å². The van der Waals surface area contributed by atoms with E-state index in [2.05, 4.69) is 11.4 Å². The zero-order chi connectivity index (χ0) is 13.8. The topological polar surface area (TPSA) is 58.6 Å². The van der Waals surface area contributed by atoms with Crippen molar-refractivity contribution in [3.8, 4) is 0 Å². The molecular weight excluding hydrogens is 319 g/mol. The molecule has 1 atom stereocenters. The first-order chi connectivity index (χ1) is 8.31. The Hall–Kier alpha value is -0.286. The van der Waals surface area contributed by atoms with E-state index in [0.717, 1.165) is 5.56 Å². The number of amides is 1. The Balaban J connectivity index is 0.00000324. The van der Waals surface area contributed by atoms with Crippen LogP contribution >= 0.6 is 0 Å². The van der Waals surface area contributed by atoms with Crippen molar-refractivity contribution in [2.75, 3.05) is 11.9 Å². The largest absolute Gasteiger partial charge is 0.378 e. The third-order valence-corrected chi connectivity index (χ3v) is 2.41. The van der Waals surface area contributed by atoms with E-state index >= 15 is 0 Å². The van der Waals surface area contributed by atoms with E-state index in [1.807, 2.05) is 26.8 Å². The summed E-state index contributed by atoms with van der Waals surface area (Å²) in [7, 11) is 0. The van der Waals surface area contributed by atoms with Gasteiger partial charge in [-0.2, -0.15) is 23.8 Å². The van der Waals surface area contributed by atoms with Crippen LogP contribution in [-0.2, 0) is 42.2 Å². The van der Waals surface area contributed by atoms with Crippen molar-refractivity contribution in [1.82, 2.24) is 0 Å². The van der Waals surface area contributed by atoms with Crippen LogP contribution in [0.15, 0.2) is 18.2 Å². The van der Waals surface area contributed by atoms with Crippen molar-refractivity contribution in [1.29, 1.82) is 0 Å². The van der Waals surface area contributed by atoms with Gasteiger partial charge in [-0.1, -0.05) is 12.6 Å². The molecule has 1 aromatic carbocycles. The summed E-state index contributed by atoms with van der Waals surface area (Å²) < 4.78 is 5.27. The molecule has 0 saturated heterocycles. The number of aryl methyl sites for hydroxylation is 1. The maximum absolute atomic E-state index is 11.9. The van der Waals surface area contributed by atoms with Crippen molar-refractivity contribution in [3.05, 3.63) is 29.8 Å². The first-order valence-corrected chi connectivity index (χ1v) is 5.95. The molecule has 0 bridgehead atoms. The molecule has 0 fully saturated rings. The summed E-state index contributed by atoms with van der Waals surface area (Å²) in [5, 5.41) is 12.6. The van der Waals surface area contributed by atoms with E-state index in [0.29, 0.717) is 5.69 Å². The molecule has 0 aliphatic carbocycles. The van der Waals surface area contributed by atoms with Gasteiger partial charge in [0.25, 0.3) is 0 Å². The number of hydrogen-bond donors (Lipinski definition) is 2. The van der Waals surface area contributed by atoms with Crippen LogP contribution in [0.3, 0.4) is 0 Å². The second-order valence-electron chi connectivity index (χ2n) is 4.85. The minimum absolute atomic E-state index is 0. The maximum atomic E-state index is 11.9. The molecule has 103 valence electrons. The zero-order valence-corrected chi connectivity index (χ0v) is 14.7. The SMILES string of the molecule is Cc1[c-]cc(NC(=O)[C@@](C)(O)COC(C)C)cc1.[Y]. The van der Waals surface area contributed by atoms with Gasteiger partial charge in [0.15, 0.2) is 5.60 Å². The van der Waals surface area contributed by atoms with Gasteiger partial charge in [0.2, 0.25) is 5.91 Å². The Bertz CT molecular complexity index is 402. The maximum Gasteiger partial charge on any atom is 0.247 e. The molecule has 0 saturated carbocycles. The summed E-state index contributed by atoms with van der Waals surface area (Å²) in [5.41, 5.74) is 0.0492. The summed E-state index contributed by atoms with van der Waals surface area (Å²) in [6, 6.07) is 8.26. The molecule has 0 heterocycles. The molecule has 1 aromatic rings. The van der Waals surface area contributed by atoms with Crippen LogP contribution in [0.4, 0.5) is 5.69 Å². The molecule has 5 heteroatoms. The number of rotatable bonds is 5. The molecule has 0 unspecified atom stereocenters. The second-order valence-corrected chi connectivity index (χ2v) is 4.85. The fraction of sp³-hybridized carbons (Fsp3) is 0.500. The first-order valence-electron chi connectivity index (χ1n) is 5.95. The molecule has 0 aliphatic heterocycles.